The summed E-state index contributed by atoms with van der Waals surface area (Å²) in [7, 11) is -0.794. The van der Waals surface area contributed by atoms with Gasteiger partial charge in [0.1, 0.15) is 5.75 Å². The number of nitrogens with zero attached hydrogens (tertiary/aromatic N) is 2. The average molecular weight is 296 g/mol. The Kier molecular flexibility index (Phi) is 3.58. The van der Waals surface area contributed by atoms with Crippen LogP contribution in [-0.4, -0.2) is 25.1 Å². The van der Waals surface area contributed by atoms with E-state index in [1.54, 1.807) is 25.2 Å². The Balaban J connectivity index is 2.44. The Hall–Kier alpha value is -2.22. The van der Waals surface area contributed by atoms with Crippen molar-refractivity contribution in [3.8, 4) is 5.75 Å². The van der Waals surface area contributed by atoms with Crippen LogP contribution in [0.3, 0.4) is 0 Å². The lowest BCUT2D eigenvalue weighted by molar-refractivity contribution is 0.416. The molecule has 0 atom stereocenters. The first-order valence-electron chi connectivity index (χ1n) is 5.79. The summed E-state index contributed by atoms with van der Waals surface area (Å²) in [4.78, 5) is 3.77. The molecule has 108 valence electrons. The van der Waals surface area contributed by atoms with Gasteiger partial charge >= 0.3 is 0 Å². The Morgan fingerprint density at radius 1 is 1.40 bits per heavy atom. The van der Waals surface area contributed by atoms with Crippen molar-refractivity contribution in [2.24, 2.45) is 7.05 Å². The van der Waals surface area contributed by atoms with Crippen LogP contribution >= 0.6 is 0 Å². The first-order valence-corrected chi connectivity index (χ1v) is 7.27. The third-order valence-corrected chi connectivity index (χ3v) is 4.26. The number of hydrogen-bond acceptors (Lipinski definition) is 5. The molecule has 0 bridgehead atoms. The van der Waals surface area contributed by atoms with Crippen LogP contribution < -0.4 is 15.2 Å². The summed E-state index contributed by atoms with van der Waals surface area (Å²) in [6, 6.07) is 5.16. The van der Waals surface area contributed by atoms with Crippen molar-refractivity contribution in [1.29, 1.82) is 0 Å². The summed E-state index contributed by atoms with van der Waals surface area (Å²) < 4.78 is 33.7. The molecule has 0 spiro atoms. The third kappa shape index (κ3) is 2.55. The maximum absolute atomic E-state index is 12.3. The molecular weight excluding hydrogens is 280 g/mol. The summed E-state index contributed by atoms with van der Waals surface area (Å²) in [6.07, 6.45) is 1.34. The fraction of sp³-hybridized carbons (Fsp3) is 0.250. The molecule has 7 nitrogen and oxygen atoms in total. The van der Waals surface area contributed by atoms with E-state index in [4.69, 9.17) is 10.5 Å². The molecule has 0 aliphatic carbocycles. The molecule has 0 aliphatic rings. The number of nitrogen functional groups attached to an aromatic ring is 1. The normalized spacial score (nSPS) is 11.3. The van der Waals surface area contributed by atoms with E-state index < -0.39 is 10.0 Å². The average Bonchev–Trinajstić information content (AvgIpc) is 2.71. The monoisotopic (exact) mass is 296 g/mol. The van der Waals surface area contributed by atoms with E-state index in [0.29, 0.717) is 11.4 Å². The molecule has 8 heteroatoms. The smallest absolute Gasteiger partial charge is 0.281 e. The predicted molar refractivity (Wildman–Crippen MR) is 76.2 cm³/mol. The molecule has 0 fully saturated rings. The number of benzene rings is 1. The van der Waals surface area contributed by atoms with E-state index >= 15 is 0 Å². The number of imidazole rings is 1. The van der Waals surface area contributed by atoms with E-state index in [9.17, 15) is 8.42 Å². The quantitative estimate of drug-likeness (QED) is 0.880. The zero-order valence-electron chi connectivity index (χ0n) is 11.4. The Morgan fingerprint density at radius 2 is 2.10 bits per heavy atom. The molecule has 0 amide bonds. The highest BCUT2D eigenvalue weighted by Crippen LogP contribution is 2.28. The minimum Gasteiger partial charge on any atom is -0.495 e. The van der Waals surface area contributed by atoms with Crippen molar-refractivity contribution in [3.05, 3.63) is 30.1 Å². The zero-order chi connectivity index (χ0) is 14.9. The largest absolute Gasteiger partial charge is 0.495 e. The first kappa shape index (κ1) is 14.2. The van der Waals surface area contributed by atoms with E-state index in [1.807, 2.05) is 6.92 Å². The Labute approximate surface area is 117 Å². The summed E-state index contributed by atoms with van der Waals surface area (Å²) in [5, 5.41) is -0.0832. The molecular formula is C12H16N4O3S. The van der Waals surface area contributed by atoms with Crippen molar-refractivity contribution in [1.82, 2.24) is 9.55 Å². The second-order valence-electron chi connectivity index (χ2n) is 4.36. The lowest BCUT2D eigenvalue weighted by Crippen LogP contribution is -2.18. The number of aromatic nitrogens is 2. The molecule has 1 aromatic heterocycles. The van der Waals surface area contributed by atoms with E-state index in [2.05, 4.69) is 9.71 Å². The summed E-state index contributed by atoms with van der Waals surface area (Å²) in [5.41, 5.74) is 6.90. The van der Waals surface area contributed by atoms with Gasteiger partial charge in [0.2, 0.25) is 0 Å². The maximum atomic E-state index is 12.3. The Bertz CT molecular complexity index is 718. The van der Waals surface area contributed by atoms with E-state index in [0.717, 1.165) is 5.56 Å². The predicted octanol–water partition coefficient (Wildman–Crippen LogP) is 1.12. The van der Waals surface area contributed by atoms with Crippen LogP contribution in [0.5, 0.6) is 5.75 Å². The summed E-state index contributed by atoms with van der Waals surface area (Å²) in [6.45, 7) is 1.89. The SMILES string of the molecule is COc1cc(C)ccc1NS(=O)(=O)c1c(N)ncn1C. The van der Waals surface area contributed by atoms with Gasteiger partial charge in [-0.15, -0.1) is 0 Å². The highest BCUT2D eigenvalue weighted by atomic mass is 32.2. The molecule has 1 aromatic carbocycles. The topological polar surface area (TPSA) is 99.2 Å². The van der Waals surface area contributed by atoms with Gasteiger partial charge in [-0.1, -0.05) is 6.07 Å². The Morgan fingerprint density at radius 3 is 2.65 bits per heavy atom. The van der Waals surface area contributed by atoms with Crippen molar-refractivity contribution in [3.63, 3.8) is 0 Å². The van der Waals surface area contributed by atoms with Gasteiger partial charge in [-0.3, -0.25) is 4.72 Å². The van der Waals surface area contributed by atoms with Crippen molar-refractivity contribution < 1.29 is 13.2 Å². The van der Waals surface area contributed by atoms with Gasteiger partial charge in [0, 0.05) is 7.05 Å². The van der Waals surface area contributed by atoms with Gasteiger partial charge < -0.3 is 15.0 Å². The van der Waals surface area contributed by atoms with E-state index in [-0.39, 0.29) is 10.8 Å². The number of nitrogens with one attached hydrogen (secondary N) is 1. The summed E-state index contributed by atoms with van der Waals surface area (Å²) >= 11 is 0. The number of hydrogen-bond donors (Lipinski definition) is 2. The van der Waals surface area contributed by atoms with Crippen molar-refractivity contribution in [2.75, 3.05) is 17.6 Å². The minimum absolute atomic E-state index is 0.0499. The van der Waals surface area contributed by atoms with E-state index in [1.165, 1.54) is 18.0 Å². The molecule has 20 heavy (non-hydrogen) atoms. The highest BCUT2D eigenvalue weighted by Gasteiger charge is 2.23. The molecule has 0 aliphatic heterocycles. The van der Waals surface area contributed by atoms with Gasteiger partial charge in [-0.25, -0.2) is 4.98 Å². The number of rotatable bonds is 4. The van der Waals surface area contributed by atoms with Crippen LogP contribution in [0.25, 0.3) is 0 Å². The number of anilines is 2. The standard InChI is InChI=1S/C12H16N4O3S/c1-8-4-5-9(10(6-8)19-3)15-20(17,18)12-11(13)14-7-16(12)2/h4-7,15H,13H2,1-3H3. The number of aryl methyl sites for hydroxylation is 2. The van der Waals surface area contributed by atoms with Gasteiger partial charge in [-0.2, -0.15) is 8.42 Å². The first-order chi connectivity index (χ1) is 9.35. The number of methoxy groups -OCH3 is 1. The third-order valence-electron chi connectivity index (χ3n) is 2.77. The van der Waals surface area contributed by atoms with Crippen LogP contribution in [-0.2, 0) is 17.1 Å². The molecule has 1 heterocycles. The molecule has 2 rings (SSSR count). The van der Waals surface area contributed by atoms with Gasteiger partial charge in [0.15, 0.2) is 10.8 Å². The zero-order valence-corrected chi connectivity index (χ0v) is 12.2. The van der Waals surface area contributed by atoms with Gasteiger partial charge in [0.25, 0.3) is 10.0 Å². The van der Waals surface area contributed by atoms with Crippen LogP contribution in [0.2, 0.25) is 0 Å². The lowest BCUT2D eigenvalue weighted by Gasteiger charge is -2.12. The van der Waals surface area contributed by atoms with Gasteiger partial charge in [-0.05, 0) is 24.6 Å². The fourth-order valence-electron chi connectivity index (χ4n) is 1.84. The molecule has 0 saturated heterocycles. The van der Waals surface area contributed by atoms with Crippen LogP contribution in [0.1, 0.15) is 5.56 Å². The second kappa shape index (κ2) is 5.04. The minimum atomic E-state index is -3.83. The fourth-order valence-corrected chi connectivity index (χ4v) is 3.15. The van der Waals surface area contributed by atoms with Crippen molar-refractivity contribution in [2.45, 2.75) is 11.9 Å². The number of nitrogens with two attached hydrogens (primary N) is 1. The molecule has 0 radical (unpaired) electrons. The molecule has 2 aromatic rings. The lowest BCUT2D eigenvalue weighted by atomic mass is 10.2. The maximum Gasteiger partial charge on any atom is 0.281 e. The second-order valence-corrected chi connectivity index (χ2v) is 5.95. The molecule has 0 saturated carbocycles. The van der Waals surface area contributed by atoms with Gasteiger partial charge in [0.05, 0.1) is 19.1 Å². The molecule has 3 N–H and O–H groups in total. The van der Waals surface area contributed by atoms with Crippen LogP contribution in [0, 0.1) is 6.92 Å². The van der Waals surface area contributed by atoms with Crippen LogP contribution in [0.4, 0.5) is 11.5 Å². The number of ether oxygens (including phenoxy) is 1. The van der Waals surface area contributed by atoms with Crippen molar-refractivity contribution >= 4 is 21.5 Å². The summed E-state index contributed by atoms with van der Waals surface area (Å²) in [5.74, 6) is 0.389. The molecule has 0 unspecified atom stereocenters. The van der Waals surface area contributed by atoms with Crippen LogP contribution in [0.15, 0.2) is 29.6 Å². The highest BCUT2D eigenvalue weighted by molar-refractivity contribution is 7.92. The number of sulfonamides is 1.